The molecule has 0 aliphatic heterocycles. The van der Waals surface area contributed by atoms with Gasteiger partial charge in [0.15, 0.2) is 0 Å². The molecule has 3 rings (SSSR count). The van der Waals surface area contributed by atoms with Crippen LogP contribution in [0.1, 0.15) is 5.56 Å². The second kappa shape index (κ2) is 3.63. The van der Waals surface area contributed by atoms with Gasteiger partial charge < -0.3 is 5.11 Å². The molecule has 3 nitrogen and oxygen atoms in total. The van der Waals surface area contributed by atoms with Gasteiger partial charge in [-0.2, -0.15) is 5.10 Å². The number of nitrogens with zero attached hydrogens (tertiary/aromatic N) is 1. The topological polar surface area (TPSA) is 48.9 Å². The normalized spacial score (nSPS) is 10.9. The van der Waals surface area contributed by atoms with Crippen LogP contribution in [0.25, 0.3) is 22.0 Å². The van der Waals surface area contributed by atoms with Crippen LogP contribution < -0.4 is 0 Å². The maximum absolute atomic E-state index is 9.41. The van der Waals surface area contributed by atoms with Gasteiger partial charge in [0.25, 0.3) is 0 Å². The molecule has 3 heteroatoms. The van der Waals surface area contributed by atoms with Crippen molar-refractivity contribution in [2.75, 3.05) is 0 Å². The molecule has 0 amide bonds. The Hall–Kier alpha value is -2.29. The van der Waals surface area contributed by atoms with Crippen LogP contribution in [0, 0.1) is 6.92 Å². The average molecular weight is 224 g/mol. The van der Waals surface area contributed by atoms with Crippen molar-refractivity contribution in [3.05, 3.63) is 48.2 Å². The molecule has 0 saturated carbocycles. The van der Waals surface area contributed by atoms with Gasteiger partial charge in [-0.15, -0.1) is 0 Å². The van der Waals surface area contributed by atoms with Gasteiger partial charge in [-0.1, -0.05) is 18.2 Å². The number of aromatic hydroxyl groups is 1. The molecule has 2 aromatic carbocycles. The molecule has 17 heavy (non-hydrogen) atoms. The van der Waals surface area contributed by atoms with Crippen molar-refractivity contribution in [1.29, 1.82) is 0 Å². The number of rotatable bonds is 1. The minimum Gasteiger partial charge on any atom is -0.508 e. The molecule has 0 saturated heterocycles. The predicted molar refractivity (Wildman–Crippen MR) is 67.9 cm³/mol. The molecule has 1 heterocycles. The van der Waals surface area contributed by atoms with Crippen molar-refractivity contribution in [2.24, 2.45) is 0 Å². The van der Waals surface area contributed by atoms with Crippen LogP contribution in [-0.4, -0.2) is 15.3 Å². The zero-order valence-corrected chi connectivity index (χ0v) is 9.44. The highest BCUT2D eigenvalue weighted by atomic mass is 16.3. The van der Waals surface area contributed by atoms with Crippen LogP contribution in [0.3, 0.4) is 0 Å². The lowest BCUT2D eigenvalue weighted by Gasteiger charge is -2.06. The Morgan fingerprint density at radius 2 is 2.00 bits per heavy atom. The molecule has 0 spiro atoms. The van der Waals surface area contributed by atoms with E-state index in [4.69, 9.17) is 0 Å². The third kappa shape index (κ3) is 1.65. The molecular formula is C14H12N2O. The first-order chi connectivity index (χ1) is 8.24. The van der Waals surface area contributed by atoms with Gasteiger partial charge >= 0.3 is 0 Å². The number of benzene rings is 2. The molecule has 0 unspecified atom stereocenters. The fourth-order valence-electron chi connectivity index (χ4n) is 2.08. The number of phenols is 1. The number of fused-ring (bicyclic) bond motifs is 1. The number of aromatic nitrogens is 2. The monoisotopic (exact) mass is 224 g/mol. The fourth-order valence-corrected chi connectivity index (χ4v) is 2.08. The summed E-state index contributed by atoms with van der Waals surface area (Å²) in [4.78, 5) is 0. The van der Waals surface area contributed by atoms with E-state index < -0.39 is 0 Å². The number of aromatic amines is 1. The highest BCUT2D eigenvalue weighted by Crippen LogP contribution is 2.28. The van der Waals surface area contributed by atoms with Gasteiger partial charge in [0, 0.05) is 5.39 Å². The average Bonchev–Trinajstić information content (AvgIpc) is 2.75. The molecule has 0 atom stereocenters. The van der Waals surface area contributed by atoms with Gasteiger partial charge in [-0.25, -0.2) is 0 Å². The summed E-state index contributed by atoms with van der Waals surface area (Å²) in [6.45, 7) is 1.99. The first-order valence-electron chi connectivity index (χ1n) is 5.47. The quantitative estimate of drug-likeness (QED) is 0.666. The van der Waals surface area contributed by atoms with Crippen molar-refractivity contribution in [3.63, 3.8) is 0 Å². The van der Waals surface area contributed by atoms with Gasteiger partial charge in [0.2, 0.25) is 0 Å². The van der Waals surface area contributed by atoms with Gasteiger partial charge in [-0.3, -0.25) is 5.10 Å². The Balaban J connectivity index is 2.19. The number of aryl methyl sites for hydroxylation is 1. The Labute approximate surface area is 98.7 Å². The fraction of sp³-hybridized carbons (Fsp3) is 0.0714. The lowest BCUT2D eigenvalue weighted by Crippen LogP contribution is -1.83. The van der Waals surface area contributed by atoms with E-state index in [2.05, 4.69) is 22.3 Å². The lowest BCUT2D eigenvalue weighted by atomic mass is 9.99. The smallest absolute Gasteiger partial charge is 0.115 e. The Bertz CT molecular complexity index is 686. The van der Waals surface area contributed by atoms with E-state index in [9.17, 15) is 5.11 Å². The van der Waals surface area contributed by atoms with Crippen molar-refractivity contribution in [3.8, 4) is 16.9 Å². The minimum absolute atomic E-state index is 0.300. The lowest BCUT2D eigenvalue weighted by molar-refractivity contribution is 0.475. The summed E-state index contributed by atoms with van der Waals surface area (Å²) in [5, 5.41) is 17.5. The number of H-pyrrole nitrogens is 1. The molecule has 0 bridgehead atoms. The van der Waals surface area contributed by atoms with Crippen LogP contribution in [-0.2, 0) is 0 Å². The van der Waals surface area contributed by atoms with Crippen LogP contribution >= 0.6 is 0 Å². The van der Waals surface area contributed by atoms with E-state index in [1.807, 2.05) is 25.3 Å². The number of hydrogen-bond acceptors (Lipinski definition) is 2. The molecule has 3 aromatic rings. The third-order valence-corrected chi connectivity index (χ3v) is 2.96. The maximum atomic E-state index is 9.41. The third-order valence-electron chi connectivity index (χ3n) is 2.96. The minimum atomic E-state index is 0.300. The van der Waals surface area contributed by atoms with Crippen LogP contribution in [0.5, 0.6) is 5.75 Å². The zero-order valence-electron chi connectivity index (χ0n) is 9.44. The first kappa shape index (κ1) is 9.90. The summed E-state index contributed by atoms with van der Waals surface area (Å²) in [7, 11) is 0. The number of nitrogens with one attached hydrogen (secondary N) is 1. The summed E-state index contributed by atoms with van der Waals surface area (Å²) >= 11 is 0. The molecule has 84 valence electrons. The highest BCUT2D eigenvalue weighted by molar-refractivity contribution is 5.84. The molecule has 1 aromatic heterocycles. The summed E-state index contributed by atoms with van der Waals surface area (Å²) in [5.74, 6) is 0.300. The molecular weight excluding hydrogens is 212 g/mol. The Morgan fingerprint density at radius 1 is 1.12 bits per heavy atom. The molecule has 0 aliphatic carbocycles. The largest absolute Gasteiger partial charge is 0.508 e. The summed E-state index contributed by atoms with van der Waals surface area (Å²) in [6, 6.07) is 11.6. The second-order valence-corrected chi connectivity index (χ2v) is 4.17. The SMILES string of the molecule is Cc1cc(O)ccc1-c1ccc2cn[nH]c2c1. The van der Waals surface area contributed by atoms with E-state index in [1.165, 1.54) is 0 Å². The summed E-state index contributed by atoms with van der Waals surface area (Å²) < 4.78 is 0. The number of phenolic OH excluding ortho intramolecular Hbond substituents is 1. The van der Waals surface area contributed by atoms with Crippen LogP contribution in [0.4, 0.5) is 0 Å². The molecule has 2 N–H and O–H groups in total. The van der Waals surface area contributed by atoms with E-state index in [1.54, 1.807) is 12.1 Å². The van der Waals surface area contributed by atoms with E-state index >= 15 is 0 Å². The predicted octanol–water partition coefficient (Wildman–Crippen LogP) is 3.24. The van der Waals surface area contributed by atoms with Crippen molar-refractivity contribution in [1.82, 2.24) is 10.2 Å². The highest BCUT2D eigenvalue weighted by Gasteiger charge is 2.04. The maximum Gasteiger partial charge on any atom is 0.115 e. The van der Waals surface area contributed by atoms with Gasteiger partial charge in [-0.05, 0) is 41.8 Å². The van der Waals surface area contributed by atoms with Crippen molar-refractivity contribution < 1.29 is 5.11 Å². The van der Waals surface area contributed by atoms with Crippen LogP contribution in [0.2, 0.25) is 0 Å². The van der Waals surface area contributed by atoms with Crippen molar-refractivity contribution >= 4 is 10.9 Å². The molecule has 0 aliphatic rings. The number of hydrogen-bond donors (Lipinski definition) is 2. The zero-order chi connectivity index (χ0) is 11.8. The van der Waals surface area contributed by atoms with Crippen LogP contribution in [0.15, 0.2) is 42.6 Å². The van der Waals surface area contributed by atoms with Crippen molar-refractivity contribution in [2.45, 2.75) is 6.92 Å². The standard InChI is InChI=1S/C14H12N2O/c1-9-6-12(17)4-5-13(9)10-2-3-11-8-15-16-14(11)7-10/h2-8,17H,1H3,(H,15,16). The van der Waals surface area contributed by atoms with Gasteiger partial charge in [0.1, 0.15) is 5.75 Å². The first-order valence-corrected chi connectivity index (χ1v) is 5.47. The van der Waals surface area contributed by atoms with E-state index in [0.29, 0.717) is 5.75 Å². The Morgan fingerprint density at radius 3 is 2.82 bits per heavy atom. The van der Waals surface area contributed by atoms with E-state index in [-0.39, 0.29) is 0 Å². The second-order valence-electron chi connectivity index (χ2n) is 4.17. The summed E-state index contributed by atoms with van der Waals surface area (Å²) in [6.07, 6.45) is 1.81. The summed E-state index contributed by atoms with van der Waals surface area (Å²) in [5.41, 5.74) is 4.33. The molecule has 0 fully saturated rings. The van der Waals surface area contributed by atoms with E-state index in [0.717, 1.165) is 27.6 Å². The van der Waals surface area contributed by atoms with Gasteiger partial charge in [0.05, 0.1) is 11.7 Å². The molecule has 0 radical (unpaired) electrons. The Kier molecular flexibility index (Phi) is 2.11.